The Bertz CT molecular complexity index is 597. The standard InChI is InChI=1S/C13H13F2N3/c1-7-12(17-8(2)18-13(7)16-3)9-4-5-10(14)11(15)6-9/h4-6H,1-3H3,(H,16,17,18). The van der Waals surface area contributed by atoms with Gasteiger partial charge in [0.15, 0.2) is 11.6 Å². The van der Waals surface area contributed by atoms with Gasteiger partial charge in [-0.25, -0.2) is 18.7 Å². The summed E-state index contributed by atoms with van der Waals surface area (Å²) in [6, 6.07) is 3.75. The smallest absolute Gasteiger partial charge is 0.159 e. The van der Waals surface area contributed by atoms with E-state index in [-0.39, 0.29) is 0 Å². The highest BCUT2D eigenvalue weighted by atomic mass is 19.2. The van der Waals surface area contributed by atoms with Crippen molar-refractivity contribution in [3.63, 3.8) is 0 Å². The quantitative estimate of drug-likeness (QED) is 0.888. The van der Waals surface area contributed by atoms with Gasteiger partial charge in [0.05, 0.1) is 5.69 Å². The highest BCUT2D eigenvalue weighted by Gasteiger charge is 2.12. The van der Waals surface area contributed by atoms with Crippen molar-refractivity contribution in [3.8, 4) is 11.3 Å². The number of hydrogen-bond acceptors (Lipinski definition) is 3. The Kier molecular flexibility index (Phi) is 3.23. The van der Waals surface area contributed by atoms with Gasteiger partial charge < -0.3 is 5.32 Å². The second-order valence-electron chi connectivity index (χ2n) is 3.97. The largest absolute Gasteiger partial charge is 0.373 e. The van der Waals surface area contributed by atoms with E-state index in [1.54, 1.807) is 14.0 Å². The van der Waals surface area contributed by atoms with Crippen LogP contribution < -0.4 is 5.32 Å². The zero-order valence-electron chi connectivity index (χ0n) is 10.4. The molecule has 0 saturated heterocycles. The number of anilines is 1. The number of nitrogens with one attached hydrogen (secondary N) is 1. The fourth-order valence-electron chi connectivity index (χ4n) is 1.80. The summed E-state index contributed by atoms with van der Waals surface area (Å²) in [5.74, 6) is -0.489. The molecule has 0 spiro atoms. The molecule has 1 aromatic carbocycles. The molecule has 0 amide bonds. The molecule has 0 bridgehead atoms. The van der Waals surface area contributed by atoms with Crippen molar-refractivity contribution in [2.24, 2.45) is 0 Å². The molecule has 94 valence electrons. The molecular formula is C13H13F2N3. The third-order valence-electron chi connectivity index (χ3n) is 2.69. The molecule has 1 aromatic heterocycles. The fraction of sp³-hybridized carbons (Fsp3) is 0.231. The lowest BCUT2D eigenvalue weighted by Crippen LogP contribution is -2.03. The molecule has 5 heteroatoms. The van der Waals surface area contributed by atoms with E-state index < -0.39 is 11.6 Å². The first-order valence-electron chi connectivity index (χ1n) is 5.51. The van der Waals surface area contributed by atoms with Crippen LogP contribution in [0, 0.1) is 25.5 Å². The van der Waals surface area contributed by atoms with E-state index in [1.807, 2.05) is 6.92 Å². The van der Waals surface area contributed by atoms with Crippen molar-refractivity contribution < 1.29 is 8.78 Å². The summed E-state index contributed by atoms with van der Waals surface area (Å²) in [6.45, 7) is 3.59. The Morgan fingerprint density at radius 1 is 1.06 bits per heavy atom. The zero-order chi connectivity index (χ0) is 13.3. The van der Waals surface area contributed by atoms with Crippen LogP contribution in [-0.2, 0) is 0 Å². The van der Waals surface area contributed by atoms with E-state index in [0.29, 0.717) is 22.9 Å². The molecule has 0 aliphatic carbocycles. The zero-order valence-corrected chi connectivity index (χ0v) is 10.4. The van der Waals surface area contributed by atoms with Crippen molar-refractivity contribution in [2.75, 3.05) is 12.4 Å². The number of nitrogens with zero attached hydrogens (tertiary/aromatic N) is 2. The van der Waals surface area contributed by atoms with Crippen LogP contribution in [0.5, 0.6) is 0 Å². The lowest BCUT2D eigenvalue weighted by Gasteiger charge is -2.11. The first kappa shape index (κ1) is 12.4. The molecule has 2 rings (SSSR count). The second kappa shape index (κ2) is 4.68. The van der Waals surface area contributed by atoms with E-state index in [0.717, 1.165) is 17.7 Å². The topological polar surface area (TPSA) is 37.8 Å². The third kappa shape index (κ3) is 2.16. The summed E-state index contributed by atoms with van der Waals surface area (Å²) in [5.41, 5.74) is 1.94. The molecule has 2 aromatic rings. The van der Waals surface area contributed by atoms with Crippen molar-refractivity contribution in [3.05, 3.63) is 41.2 Å². The predicted octanol–water partition coefficient (Wildman–Crippen LogP) is 3.08. The van der Waals surface area contributed by atoms with Crippen molar-refractivity contribution >= 4 is 5.82 Å². The van der Waals surface area contributed by atoms with Gasteiger partial charge in [-0.05, 0) is 32.0 Å². The summed E-state index contributed by atoms with van der Waals surface area (Å²) in [6.07, 6.45) is 0. The molecule has 1 N–H and O–H groups in total. The summed E-state index contributed by atoms with van der Waals surface area (Å²) in [4.78, 5) is 8.51. The van der Waals surface area contributed by atoms with Gasteiger partial charge in [-0.3, -0.25) is 0 Å². The summed E-state index contributed by atoms with van der Waals surface area (Å²) in [7, 11) is 1.75. The molecular weight excluding hydrogens is 236 g/mol. The maximum absolute atomic E-state index is 13.2. The van der Waals surface area contributed by atoms with E-state index >= 15 is 0 Å². The number of halogens is 2. The van der Waals surface area contributed by atoms with E-state index in [9.17, 15) is 8.78 Å². The third-order valence-corrected chi connectivity index (χ3v) is 2.69. The van der Waals surface area contributed by atoms with Crippen molar-refractivity contribution in [2.45, 2.75) is 13.8 Å². The molecule has 3 nitrogen and oxygen atoms in total. The minimum absolute atomic E-state index is 0.536. The molecule has 0 unspecified atom stereocenters. The van der Waals surface area contributed by atoms with Gasteiger partial charge in [0.25, 0.3) is 0 Å². The number of aromatic nitrogens is 2. The minimum atomic E-state index is -0.880. The van der Waals surface area contributed by atoms with Crippen LogP contribution in [0.2, 0.25) is 0 Å². The highest BCUT2D eigenvalue weighted by molar-refractivity contribution is 5.68. The van der Waals surface area contributed by atoms with Gasteiger partial charge in [-0.15, -0.1) is 0 Å². The monoisotopic (exact) mass is 249 g/mol. The van der Waals surface area contributed by atoms with Crippen molar-refractivity contribution in [1.82, 2.24) is 9.97 Å². The lowest BCUT2D eigenvalue weighted by atomic mass is 10.1. The Balaban J connectivity index is 2.63. The molecule has 0 atom stereocenters. The van der Waals surface area contributed by atoms with E-state index in [2.05, 4.69) is 15.3 Å². The van der Waals surface area contributed by atoms with Gasteiger partial charge in [0, 0.05) is 18.2 Å². The lowest BCUT2D eigenvalue weighted by molar-refractivity contribution is 0.509. The minimum Gasteiger partial charge on any atom is -0.373 e. The summed E-state index contributed by atoms with van der Waals surface area (Å²) < 4.78 is 26.2. The Morgan fingerprint density at radius 2 is 1.78 bits per heavy atom. The van der Waals surface area contributed by atoms with Crippen LogP contribution >= 0.6 is 0 Å². The van der Waals surface area contributed by atoms with Gasteiger partial charge >= 0.3 is 0 Å². The number of rotatable bonds is 2. The first-order valence-corrected chi connectivity index (χ1v) is 5.51. The summed E-state index contributed by atoms with van der Waals surface area (Å²) in [5, 5.41) is 2.95. The van der Waals surface area contributed by atoms with E-state index in [1.165, 1.54) is 6.07 Å². The van der Waals surface area contributed by atoms with Crippen LogP contribution in [0.4, 0.5) is 14.6 Å². The molecule has 0 aliphatic rings. The van der Waals surface area contributed by atoms with Gasteiger partial charge in [0.2, 0.25) is 0 Å². The van der Waals surface area contributed by atoms with E-state index in [4.69, 9.17) is 0 Å². The molecule has 18 heavy (non-hydrogen) atoms. The summed E-state index contributed by atoms with van der Waals surface area (Å²) >= 11 is 0. The van der Waals surface area contributed by atoms with Gasteiger partial charge in [-0.1, -0.05) is 0 Å². The molecule has 0 aliphatic heterocycles. The molecule has 0 fully saturated rings. The predicted molar refractivity (Wildman–Crippen MR) is 66.4 cm³/mol. The van der Waals surface area contributed by atoms with Crippen LogP contribution in [0.15, 0.2) is 18.2 Å². The Hall–Kier alpha value is -2.04. The Morgan fingerprint density at radius 3 is 2.39 bits per heavy atom. The van der Waals surface area contributed by atoms with Gasteiger partial charge in [0.1, 0.15) is 11.6 Å². The molecule has 0 radical (unpaired) electrons. The SMILES string of the molecule is CNc1nc(C)nc(-c2ccc(F)c(F)c2)c1C. The van der Waals surface area contributed by atoms with Crippen LogP contribution in [0.1, 0.15) is 11.4 Å². The number of aryl methyl sites for hydroxylation is 1. The highest BCUT2D eigenvalue weighted by Crippen LogP contribution is 2.26. The molecule has 1 heterocycles. The average molecular weight is 249 g/mol. The number of hydrogen-bond donors (Lipinski definition) is 1. The average Bonchev–Trinajstić information content (AvgIpc) is 2.35. The Labute approximate surface area is 104 Å². The normalized spacial score (nSPS) is 10.5. The van der Waals surface area contributed by atoms with Crippen LogP contribution in [0.25, 0.3) is 11.3 Å². The maximum atomic E-state index is 13.2. The van der Waals surface area contributed by atoms with Gasteiger partial charge in [-0.2, -0.15) is 0 Å². The van der Waals surface area contributed by atoms with Crippen LogP contribution in [-0.4, -0.2) is 17.0 Å². The first-order chi connectivity index (χ1) is 8.52. The maximum Gasteiger partial charge on any atom is 0.159 e. The second-order valence-corrected chi connectivity index (χ2v) is 3.97. The fourth-order valence-corrected chi connectivity index (χ4v) is 1.80. The number of benzene rings is 1. The van der Waals surface area contributed by atoms with Crippen LogP contribution in [0.3, 0.4) is 0 Å². The van der Waals surface area contributed by atoms with Crippen molar-refractivity contribution in [1.29, 1.82) is 0 Å². The molecule has 0 saturated carbocycles.